The number of aliphatic hydroxyl groups excluding tert-OH is 2. The molecule has 17 heavy (non-hydrogen) atoms. The molecule has 2 atom stereocenters. The van der Waals surface area contributed by atoms with Crippen LogP contribution >= 0.6 is 0 Å². The van der Waals surface area contributed by atoms with E-state index in [-0.39, 0.29) is 6.10 Å². The van der Waals surface area contributed by atoms with Gasteiger partial charge in [0.1, 0.15) is 11.9 Å². The van der Waals surface area contributed by atoms with Gasteiger partial charge in [0, 0.05) is 0 Å². The van der Waals surface area contributed by atoms with Crippen molar-refractivity contribution < 1.29 is 14.9 Å². The van der Waals surface area contributed by atoms with E-state index < -0.39 is 12.2 Å². The predicted octanol–water partition coefficient (Wildman–Crippen LogP) is 1.22. The molecule has 1 rings (SSSR count). The summed E-state index contributed by atoms with van der Waals surface area (Å²) in [6.45, 7) is 4.26. The Balaban J connectivity index is 2.66. The quantitative estimate of drug-likeness (QED) is 0.697. The molecular formula is C13H21NO3. The molecule has 1 aromatic rings. The molecule has 0 aromatic heterocycles. The highest BCUT2D eigenvalue weighted by Gasteiger charge is 2.17. The number of rotatable bonds is 6. The SMILES string of the molecule is CC(C)Oc1ccc(C(O)C(O)CCN)cc1. The Hall–Kier alpha value is -1.10. The van der Waals surface area contributed by atoms with Crippen LogP contribution in [0.5, 0.6) is 5.75 Å². The number of benzene rings is 1. The Bertz CT molecular complexity index is 324. The zero-order chi connectivity index (χ0) is 12.8. The second-order valence-electron chi connectivity index (χ2n) is 4.33. The molecule has 0 fully saturated rings. The van der Waals surface area contributed by atoms with Crippen molar-refractivity contribution in [2.75, 3.05) is 6.54 Å². The van der Waals surface area contributed by atoms with Crippen molar-refractivity contribution in [1.82, 2.24) is 0 Å². The maximum atomic E-state index is 9.85. The van der Waals surface area contributed by atoms with Crippen molar-refractivity contribution in [1.29, 1.82) is 0 Å². The molecule has 4 N–H and O–H groups in total. The molecule has 4 heteroatoms. The fourth-order valence-corrected chi connectivity index (χ4v) is 1.57. The summed E-state index contributed by atoms with van der Waals surface area (Å²) in [5.41, 5.74) is 6.00. The summed E-state index contributed by atoms with van der Waals surface area (Å²) in [4.78, 5) is 0. The first-order valence-electron chi connectivity index (χ1n) is 5.87. The summed E-state index contributed by atoms with van der Waals surface area (Å²) in [6.07, 6.45) is -1.22. The number of ether oxygens (including phenoxy) is 1. The normalized spacial score (nSPS) is 14.7. The molecule has 0 spiro atoms. The van der Waals surface area contributed by atoms with E-state index in [1.807, 2.05) is 13.8 Å². The van der Waals surface area contributed by atoms with Crippen LogP contribution < -0.4 is 10.5 Å². The van der Waals surface area contributed by atoms with Crippen molar-refractivity contribution in [2.45, 2.75) is 38.6 Å². The van der Waals surface area contributed by atoms with Crippen LogP contribution in [0, 0.1) is 0 Å². The molecule has 96 valence electrons. The van der Waals surface area contributed by atoms with Gasteiger partial charge in [0.2, 0.25) is 0 Å². The van der Waals surface area contributed by atoms with Crippen LogP contribution in [-0.2, 0) is 0 Å². The molecule has 0 aliphatic heterocycles. The summed E-state index contributed by atoms with van der Waals surface area (Å²) in [7, 11) is 0. The highest BCUT2D eigenvalue weighted by atomic mass is 16.5. The van der Waals surface area contributed by atoms with Crippen LogP contribution in [0.2, 0.25) is 0 Å². The Morgan fingerprint density at radius 2 is 1.76 bits per heavy atom. The highest BCUT2D eigenvalue weighted by molar-refractivity contribution is 5.29. The van der Waals surface area contributed by atoms with Crippen LogP contribution in [-0.4, -0.2) is 29.0 Å². The van der Waals surface area contributed by atoms with Crippen LogP contribution in [0.3, 0.4) is 0 Å². The third-order valence-electron chi connectivity index (χ3n) is 2.42. The third-order valence-corrected chi connectivity index (χ3v) is 2.42. The van der Waals surface area contributed by atoms with E-state index in [9.17, 15) is 10.2 Å². The fraction of sp³-hybridized carbons (Fsp3) is 0.538. The van der Waals surface area contributed by atoms with Crippen molar-refractivity contribution in [3.05, 3.63) is 29.8 Å². The second kappa shape index (κ2) is 6.59. The molecular weight excluding hydrogens is 218 g/mol. The zero-order valence-corrected chi connectivity index (χ0v) is 10.3. The lowest BCUT2D eigenvalue weighted by Crippen LogP contribution is -2.21. The topological polar surface area (TPSA) is 75.7 Å². The highest BCUT2D eigenvalue weighted by Crippen LogP contribution is 2.22. The molecule has 0 saturated carbocycles. The van der Waals surface area contributed by atoms with Gasteiger partial charge in [0.05, 0.1) is 12.2 Å². The summed E-state index contributed by atoms with van der Waals surface area (Å²) in [6, 6.07) is 7.08. The van der Waals surface area contributed by atoms with E-state index in [1.54, 1.807) is 24.3 Å². The van der Waals surface area contributed by atoms with Crippen LogP contribution in [0.15, 0.2) is 24.3 Å². The largest absolute Gasteiger partial charge is 0.491 e. The first kappa shape index (κ1) is 14.0. The second-order valence-corrected chi connectivity index (χ2v) is 4.33. The number of hydrogen-bond acceptors (Lipinski definition) is 4. The van der Waals surface area contributed by atoms with Crippen LogP contribution in [0.4, 0.5) is 0 Å². The smallest absolute Gasteiger partial charge is 0.119 e. The standard InChI is InChI=1S/C13H21NO3/c1-9(2)17-11-5-3-10(4-6-11)13(16)12(15)7-8-14/h3-6,9,12-13,15-16H,7-8,14H2,1-2H3. The van der Waals surface area contributed by atoms with Crippen molar-refractivity contribution in [3.63, 3.8) is 0 Å². The van der Waals surface area contributed by atoms with Gasteiger partial charge in [0.15, 0.2) is 0 Å². The molecule has 0 aliphatic rings. The molecule has 0 bridgehead atoms. The third kappa shape index (κ3) is 4.34. The van der Waals surface area contributed by atoms with Crippen molar-refractivity contribution >= 4 is 0 Å². The van der Waals surface area contributed by atoms with E-state index >= 15 is 0 Å². The molecule has 0 radical (unpaired) electrons. The predicted molar refractivity (Wildman–Crippen MR) is 66.8 cm³/mol. The summed E-state index contributed by atoms with van der Waals surface area (Å²) in [5.74, 6) is 0.754. The molecule has 4 nitrogen and oxygen atoms in total. The molecule has 1 aromatic carbocycles. The van der Waals surface area contributed by atoms with E-state index in [4.69, 9.17) is 10.5 Å². The fourth-order valence-electron chi connectivity index (χ4n) is 1.57. The van der Waals surface area contributed by atoms with Crippen LogP contribution in [0.1, 0.15) is 31.9 Å². The average molecular weight is 239 g/mol. The monoisotopic (exact) mass is 239 g/mol. The molecule has 0 aliphatic carbocycles. The Labute approximate surface area is 102 Å². The lowest BCUT2D eigenvalue weighted by molar-refractivity contribution is 0.0150. The summed E-state index contributed by atoms with van der Waals surface area (Å²) >= 11 is 0. The van der Waals surface area contributed by atoms with Gasteiger partial charge in [-0.15, -0.1) is 0 Å². The van der Waals surface area contributed by atoms with Crippen molar-refractivity contribution in [3.8, 4) is 5.75 Å². The van der Waals surface area contributed by atoms with Gasteiger partial charge >= 0.3 is 0 Å². The number of aliphatic hydroxyl groups is 2. The molecule has 0 heterocycles. The van der Waals surface area contributed by atoms with Crippen molar-refractivity contribution in [2.24, 2.45) is 5.73 Å². The summed E-state index contributed by atoms with van der Waals surface area (Å²) in [5, 5.41) is 19.5. The van der Waals surface area contributed by atoms with E-state index in [0.29, 0.717) is 18.5 Å². The zero-order valence-electron chi connectivity index (χ0n) is 10.3. The van der Waals surface area contributed by atoms with E-state index in [0.717, 1.165) is 5.75 Å². The van der Waals surface area contributed by atoms with Crippen LogP contribution in [0.25, 0.3) is 0 Å². The lowest BCUT2D eigenvalue weighted by atomic mass is 10.0. The minimum Gasteiger partial charge on any atom is -0.491 e. The van der Waals surface area contributed by atoms with Gasteiger partial charge in [-0.1, -0.05) is 12.1 Å². The first-order valence-corrected chi connectivity index (χ1v) is 5.87. The minimum absolute atomic E-state index is 0.119. The average Bonchev–Trinajstić information content (AvgIpc) is 2.28. The Morgan fingerprint density at radius 1 is 1.18 bits per heavy atom. The van der Waals surface area contributed by atoms with E-state index in [1.165, 1.54) is 0 Å². The number of nitrogens with two attached hydrogens (primary N) is 1. The molecule has 0 amide bonds. The Morgan fingerprint density at radius 3 is 2.24 bits per heavy atom. The Kier molecular flexibility index (Phi) is 5.41. The minimum atomic E-state index is -0.897. The summed E-state index contributed by atoms with van der Waals surface area (Å²) < 4.78 is 5.49. The van der Waals surface area contributed by atoms with Gasteiger partial charge in [-0.2, -0.15) is 0 Å². The lowest BCUT2D eigenvalue weighted by Gasteiger charge is -2.18. The maximum absolute atomic E-state index is 9.85. The molecule has 2 unspecified atom stereocenters. The molecule has 0 saturated heterocycles. The van der Waals surface area contributed by atoms with Gasteiger partial charge < -0.3 is 20.7 Å². The van der Waals surface area contributed by atoms with Gasteiger partial charge in [-0.25, -0.2) is 0 Å². The number of hydrogen-bond donors (Lipinski definition) is 3. The van der Waals surface area contributed by atoms with Gasteiger partial charge in [-0.05, 0) is 44.5 Å². The van der Waals surface area contributed by atoms with Gasteiger partial charge in [-0.3, -0.25) is 0 Å². The van der Waals surface area contributed by atoms with Gasteiger partial charge in [0.25, 0.3) is 0 Å². The van der Waals surface area contributed by atoms with E-state index in [2.05, 4.69) is 0 Å². The maximum Gasteiger partial charge on any atom is 0.119 e. The first-order chi connectivity index (χ1) is 8.04.